The smallest absolute Gasteiger partial charge is 0.416 e. The zero-order valence-electron chi connectivity index (χ0n) is 39.3. The Hall–Kier alpha value is -7.12. The van der Waals surface area contributed by atoms with Crippen LogP contribution in [0.1, 0.15) is 74.5 Å². The quantitative estimate of drug-likeness (QED) is 0.0841. The molecule has 5 N–H and O–H groups in total. The topological polar surface area (TPSA) is 198 Å². The molecule has 0 unspecified atom stereocenters. The molecule has 4 amide bonds. The highest BCUT2D eigenvalue weighted by atomic mass is 32.1. The van der Waals surface area contributed by atoms with Gasteiger partial charge in [0.1, 0.15) is 17.8 Å². The molecule has 3 aromatic heterocycles. The number of nitrogens with two attached hydrogens (primary N) is 1. The zero-order chi connectivity index (χ0) is 50.1. The van der Waals surface area contributed by atoms with Crippen molar-refractivity contribution in [2.24, 2.45) is 5.41 Å². The van der Waals surface area contributed by atoms with Gasteiger partial charge >= 0.3 is 6.18 Å². The van der Waals surface area contributed by atoms with Crippen molar-refractivity contribution in [1.29, 1.82) is 0 Å². The minimum Gasteiger partial charge on any atom is -0.453 e. The number of β-amino-alcohol motifs (C(OH)–C–C–N with tert-alkyl or cyclic N) is 1. The summed E-state index contributed by atoms with van der Waals surface area (Å²) in [7, 11) is 0. The number of amides is 4. The molecule has 0 spiro atoms. The van der Waals surface area contributed by atoms with Crippen LogP contribution in [-0.4, -0.2) is 84.7 Å². The first-order valence-corrected chi connectivity index (χ1v) is 23.7. The third kappa shape index (κ3) is 11.2. The molecule has 1 fully saturated rings. The molecule has 0 saturated carbocycles. The van der Waals surface area contributed by atoms with E-state index in [1.807, 2.05) is 58.9 Å². The van der Waals surface area contributed by atoms with Gasteiger partial charge in [-0.3, -0.25) is 23.9 Å². The number of likely N-dealkylation sites (tertiary alicyclic amines) is 1. The fraction of sp³-hybridized carbons (Fsp3) is 0.353. The number of aliphatic hydroxyl groups excluding tert-OH is 1. The van der Waals surface area contributed by atoms with Crippen molar-refractivity contribution in [3.63, 3.8) is 0 Å². The number of hydrogen-bond donors (Lipinski definition) is 4. The number of hydrogen-bond acceptors (Lipinski definition) is 11. The van der Waals surface area contributed by atoms with E-state index in [1.165, 1.54) is 17.0 Å². The van der Waals surface area contributed by atoms with Gasteiger partial charge in [0.25, 0.3) is 0 Å². The van der Waals surface area contributed by atoms with Crippen LogP contribution in [0.5, 0.6) is 11.5 Å². The van der Waals surface area contributed by atoms with Crippen LogP contribution in [0.2, 0.25) is 0 Å². The normalized spacial score (nSPS) is 16.7. The molecule has 366 valence electrons. The predicted octanol–water partition coefficient (Wildman–Crippen LogP) is 7.66. The second-order valence-electron chi connectivity index (χ2n) is 18.8. The SMILES string of the molecule is Cc1ncsc1-c1ccc([C@H](C)NC(=O)[C@@H]2C[C@@H](O)CN2C(=O)[C@@H](NC(=O)CCn2cc(-c3cnc(N)c(Oc4ccc5c(c4)CCN5C(=O)Cc4cccc(C(F)(F)F)c4)c3)cn2)C(C)(C)C)cc1. The van der Waals surface area contributed by atoms with Gasteiger partial charge in [-0.25, -0.2) is 9.97 Å². The summed E-state index contributed by atoms with van der Waals surface area (Å²) in [5.41, 5.74) is 12.4. The number of rotatable bonds is 14. The van der Waals surface area contributed by atoms with Crippen LogP contribution in [0.4, 0.5) is 24.7 Å². The van der Waals surface area contributed by atoms with E-state index in [0.717, 1.165) is 39.4 Å². The minimum atomic E-state index is -4.51. The van der Waals surface area contributed by atoms with Crippen molar-refractivity contribution >= 4 is 46.5 Å². The number of halogens is 3. The van der Waals surface area contributed by atoms with Crippen molar-refractivity contribution in [1.82, 2.24) is 35.3 Å². The maximum Gasteiger partial charge on any atom is 0.416 e. The van der Waals surface area contributed by atoms with Crippen LogP contribution >= 0.6 is 11.3 Å². The van der Waals surface area contributed by atoms with Crippen LogP contribution in [0, 0.1) is 12.3 Å². The number of aliphatic hydroxyl groups is 1. The van der Waals surface area contributed by atoms with Gasteiger partial charge in [0, 0.05) is 61.7 Å². The van der Waals surface area contributed by atoms with Crippen LogP contribution in [0.15, 0.2) is 96.9 Å². The molecule has 0 bridgehead atoms. The van der Waals surface area contributed by atoms with Crippen molar-refractivity contribution in [3.8, 4) is 33.1 Å². The Bertz CT molecular complexity index is 2910. The first-order chi connectivity index (χ1) is 33.2. The van der Waals surface area contributed by atoms with E-state index in [1.54, 1.807) is 69.3 Å². The van der Waals surface area contributed by atoms with Crippen LogP contribution in [0.25, 0.3) is 21.6 Å². The van der Waals surface area contributed by atoms with E-state index in [9.17, 15) is 37.5 Å². The summed E-state index contributed by atoms with van der Waals surface area (Å²) in [5.74, 6) is -0.741. The molecule has 15 nitrogen and oxygen atoms in total. The average Bonchev–Trinajstić information content (AvgIpc) is 4.14. The lowest BCUT2D eigenvalue weighted by atomic mass is 9.85. The molecule has 70 heavy (non-hydrogen) atoms. The maximum absolute atomic E-state index is 14.2. The Kier molecular flexibility index (Phi) is 14.1. The van der Waals surface area contributed by atoms with Gasteiger partial charge in [-0.05, 0) is 78.3 Å². The molecule has 19 heteroatoms. The third-order valence-corrected chi connectivity index (χ3v) is 13.5. The molecule has 0 radical (unpaired) electrons. The number of nitrogen functional groups attached to an aromatic ring is 1. The summed E-state index contributed by atoms with van der Waals surface area (Å²) < 4.78 is 47.5. The van der Waals surface area contributed by atoms with Crippen LogP contribution in [-0.2, 0) is 44.7 Å². The number of anilines is 2. The van der Waals surface area contributed by atoms with E-state index in [0.29, 0.717) is 35.5 Å². The molecule has 2 aliphatic heterocycles. The molecular weight excluding hydrogens is 924 g/mol. The fourth-order valence-electron chi connectivity index (χ4n) is 8.75. The van der Waals surface area contributed by atoms with Gasteiger partial charge in [0.2, 0.25) is 23.6 Å². The lowest BCUT2D eigenvalue weighted by Gasteiger charge is -2.35. The number of carbonyl (C=O) groups excluding carboxylic acids is 4. The average molecular weight is 978 g/mol. The van der Waals surface area contributed by atoms with Crippen molar-refractivity contribution < 1.29 is 42.2 Å². The van der Waals surface area contributed by atoms with E-state index in [-0.39, 0.29) is 61.4 Å². The van der Waals surface area contributed by atoms with E-state index < -0.39 is 53.1 Å². The molecule has 6 aromatic rings. The fourth-order valence-corrected chi connectivity index (χ4v) is 9.56. The van der Waals surface area contributed by atoms with Crippen molar-refractivity contribution in [2.45, 2.75) is 97.3 Å². The maximum atomic E-state index is 14.2. The number of benzene rings is 3. The Morgan fingerprint density at radius 1 is 0.957 bits per heavy atom. The van der Waals surface area contributed by atoms with E-state index in [4.69, 9.17) is 10.5 Å². The van der Waals surface area contributed by atoms with Crippen LogP contribution < -0.4 is 26.0 Å². The summed E-state index contributed by atoms with van der Waals surface area (Å²) in [5, 5.41) is 21.1. The third-order valence-electron chi connectivity index (χ3n) is 12.6. The number of thiazole rings is 1. The number of fused-ring (bicyclic) bond motifs is 1. The standard InChI is InChI=1S/C51H54F3N9O6S/c1-29(32-9-11-33(12-10-32)45-30(2)57-28-70-45)59-48(67)41-23-38(64)27-63(41)49(68)46(50(3,4)5)60-43(65)16-17-61-26-36(25-58-61)35-22-42(47(55)56-24-35)69-39-13-14-40-34(21-39)15-18-62(40)44(66)20-31-7-6-8-37(19-31)51(52,53)54/h6-14,19,21-22,24-26,28-29,38,41,46,64H,15-18,20,23,27H2,1-5H3,(H2,55,56)(H,59,67)(H,60,65)/t29-,38+,41-,46+/m0/s1. The van der Waals surface area contributed by atoms with Gasteiger partial charge in [-0.2, -0.15) is 18.3 Å². The highest BCUT2D eigenvalue weighted by Gasteiger charge is 2.45. The number of nitrogens with one attached hydrogen (secondary N) is 2. The molecule has 3 aromatic carbocycles. The summed E-state index contributed by atoms with van der Waals surface area (Å²) in [6, 6.07) is 17.2. The second kappa shape index (κ2) is 20.1. The molecule has 4 atom stereocenters. The zero-order valence-corrected chi connectivity index (χ0v) is 40.1. The largest absolute Gasteiger partial charge is 0.453 e. The summed E-state index contributed by atoms with van der Waals surface area (Å²) in [4.78, 5) is 67.3. The summed E-state index contributed by atoms with van der Waals surface area (Å²) in [6.45, 7) is 9.79. The highest BCUT2D eigenvalue weighted by Crippen LogP contribution is 2.37. The first kappa shape index (κ1) is 49.3. The van der Waals surface area contributed by atoms with Gasteiger partial charge in [-0.1, -0.05) is 63.2 Å². The number of aromatic nitrogens is 4. The molecule has 0 aliphatic carbocycles. The number of ether oxygens (including phenoxy) is 1. The lowest BCUT2D eigenvalue weighted by molar-refractivity contribution is -0.144. The van der Waals surface area contributed by atoms with Gasteiger partial charge in [-0.15, -0.1) is 11.3 Å². The highest BCUT2D eigenvalue weighted by molar-refractivity contribution is 7.13. The summed E-state index contributed by atoms with van der Waals surface area (Å²) in [6.07, 6.45) is -0.120. The lowest BCUT2D eigenvalue weighted by Crippen LogP contribution is -2.57. The molecule has 8 rings (SSSR count). The first-order valence-electron chi connectivity index (χ1n) is 22.9. The summed E-state index contributed by atoms with van der Waals surface area (Å²) >= 11 is 1.56. The second-order valence-corrected chi connectivity index (χ2v) is 19.6. The van der Waals surface area contributed by atoms with E-state index in [2.05, 4.69) is 25.7 Å². The number of pyridine rings is 1. The molecule has 5 heterocycles. The minimum absolute atomic E-state index is 0.0205. The van der Waals surface area contributed by atoms with Gasteiger partial charge in [0.15, 0.2) is 11.6 Å². The predicted molar refractivity (Wildman–Crippen MR) is 259 cm³/mol. The van der Waals surface area contributed by atoms with Gasteiger partial charge in [0.05, 0.1) is 46.4 Å². The number of carbonyl (C=O) groups is 4. The Labute approximate surface area is 406 Å². The Morgan fingerprint density at radius 2 is 1.73 bits per heavy atom. The van der Waals surface area contributed by atoms with E-state index >= 15 is 0 Å². The van der Waals surface area contributed by atoms with Gasteiger partial charge < -0.3 is 36.0 Å². The Balaban J connectivity index is 0.860. The number of aryl methyl sites for hydroxylation is 2. The van der Waals surface area contributed by atoms with Crippen molar-refractivity contribution in [2.75, 3.05) is 23.7 Å². The molecule has 1 saturated heterocycles. The molecular formula is C51H54F3N9O6S. The number of alkyl halides is 3. The number of nitrogens with zero attached hydrogens (tertiary/aromatic N) is 6. The molecule has 2 aliphatic rings. The monoisotopic (exact) mass is 977 g/mol. The Morgan fingerprint density at radius 3 is 2.44 bits per heavy atom. The van der Waals surface area contributed by atoms with Crippen molar-refractivity contribution in [3.05, 3.63) is 125 Å². The van der Waals surface area contributed by atoms with Crippen LogP contribution in [0.3, 0.4) is 0 Å².